The van der Waals surface area contributed by atoms with Gasteiger partial charge in [-0.1, -0.05) is 33.6 Å². The molecule has 0 aromatic heterocycles. The molecule has 168 valence electrons. The van der Waals surface area contributed by atoms with E-state index < -0.39 is 22.5 Å². The number of hydrogen-bond acceptors (Lipinski definition) is 5. The Balaban J connectivity index is 1.98. The van der Waals surface area contributed by atoms with Crippen molar-refractivity contribution in [2.75, 3.05) is 18.0 Å². The highest BCUT2D eigenvalue weighted by Crippen LogP contribution is 2.29. The molecule has 0 unspecified atom stereocenters. The normalized spacial score (nSPS) is 11.2. The van der Waals surface area contributed by atoms with Crippen LogP contribution in [0.25, 0.3) is 0 Å². The molecule has 3 aromatic carbocycles. The number of nitrogens with zero attached hydrogens (tertiary/aromatic N) is 1. The summed E-state index contributed by atoms with van der Waals surface area (Å²) in [6, 6.07) is 16.3. The van der Waals surface area contributed by atoms with Gasteiger partial charge in [-0.15, -0.1) is 0 Å². The quantitative estimate of drug-likeness (QED) is 0.431. The summed E-state index contributed by atoms with van der Waals surface area (Å²) in [5.41, 5.74) is 2.78. The summed E-state index contributed by atoms with van der Waals surface area (Å²) in [5, 5.41) is 0. The van der Waals surface area contributed by atoms with Gasteiger partial charge < -0.3 is 9.47 Å². The molecule has 0 N–H and O–H groups in total. The summed E-state index contributed by atoms with van der Waals surface area (Å²) in [4.78, 5) is 13.2. The summed E-state index contributed by atoms with van der Waals surface area (Å²) >= 11 is 3.43. The molecule has 0 heterocycles. The van der Waals surface area contributed by atoms with Crippen molar-refractivity contribution in [1.82, 2.24) is 0 Å². The molecule has 0 radical (unpaired) electrons. The molecule has 0 aliphatic carbocycles. The Bertz CT molecular complexity index is 1200. The van der Waals surface area contributed by atoms with Crippen LogP contribution in [0.1, 0.15) is 16.7 Å². The van der Waals surface area contributed by atoms with Gasteiger partial charge in [0, 0.05) is 4.47 Å². The van der Waals surface area contributed by atoms with Crippen LogP contribution < -0.4 is 13.8 Å². The number of amides is 1. The minimum atomic E-state index is -4.17. The number of benzene rings is 3. The average Bonchev–Trinajstić information content (AvgIpc) is 2.73. The lowest BCUT2D eigenvalue weighted by molar-refractivity contribution is -0.119. The predicted molar refractivity (Wildman–Crippen MR) is 128 cm³/mol. The van der Waals surface area contributed by atoms with Gasteiger partial charge in [0.05, 0.1) is 17.7 Å². The molecule has 3 aromatic rings. The molecular weight excluding hydrogens is 494 g/mol. The summed E-state index contributed by atoms with van der Waals surface area (Å²) < 4.78 is 39.5. The third-order valence-electron chi connectivity index (χ3n) is 4.86. The maximum absolute atomic E-state index is 13.4. The minimum absolute atomic E-state index is 0.0169. The smallest absolute Gasteiger partial charge is 0.278 e. The van der Waals surface area contributed by atoms with E-state index >= 15 is 0 Å². The van der Waals surface area contributed by atoms with Gasteiger partial charge in [0.15, 0.2) is 6.61 Å². The van der Waals surface area contributed by atoms with E-state index in [9.17, 15) is 13.2 Å². The van der Waals surface area contributed by atoms with E-state index in [0.29, 0.717) is 11.5 Å². The van der Waals surface area contributed by atoms with E-state index in [0.717, 1.165) is 25.5 Å². The standard InChI is InChI=1S/C24H24BrNO5S/c1-16-5-11-22(12-6-16)32(28,29)26(20-7-9-21(30-4)10-8-20)23(27)15-31-24-17(2)13-19(25)14-18(24)3/h5-14H,15H2,1-4H3. The maximum Gasteiger partial charge on any atom is 0.278 e. The fourth-order valence-electron chi connectivity index (χ4n) is 3.27. The highest BCUT2D eigenvalue weighted by molar-refractivity contribution is 9.10. The predicted octanol–water partition coefficient (Wildman–Crippen LogP) is 5.18. The molecule has 0 aliphatic rings. The van der Waals surface area contributed by atoms with E-state index in [4.69, 9.17) is 9.47 Å². The number of carbonyl (C=O) groups is 1. The highest BCUT2D eigenvalue weighted by atomic mass is 79.9. The average molecular weight is 518 g/mol. The monoisotopic (exact) mass is 517 g/mol. The topological polar surface area (TPSA) is 72.9 Å². The first-order chi connectivity index (χ1) is 15.1. The van der Waals surface area contributed by atoms with E-state index in [1.165, 1.54) is 31.4 Å². The molecule has 0 aliphatic heterocycles. The van der Waals surface area contributed by atoms with Crippen LogP contribution >= 0.6 is 15.9 Å². The zero-order chi connectivity index (χ0) is 23.5. The number of sulfonamides is 1. The Kier molecular flexibility index (Phi) is 7.26. The van der Waals surface area contributed by atoms with Crippen LogP contribution in [0, 0.1) is 20.8 Å². The number of hydrogen-bond donors (Lipinski definition) is 0. The Hall–Kier alpha value is -2.84. The Morgan fingerprint density at radius 1 is 0.938 bits per heavy atom. The van der Waals surface area contributed by atoms with Crippen LogP contribution in [0.2, 0.25) is 0 Å². The molecule has 0 spiro atoms. The van der Waals surface area contributed by atoms with Crippen molar-refractivity contribution in [3.8, 4) is 11.5 Å². The summed E-state index contributed by atoms with van der Waals surface area (Å²) in [5.74, 6) is 0.382. The van der Waals surface area contributed by atoms with Gasteiger partial charge in [-0.2, -0.15) is 4.31 Å². The van der Waals surface area contributed by atoms with Gasteiger partial charge in [0.2, 0.25) is 0 Å². The van der Waals surface area contributed by atoms with Gasteiger partial charge in [0.1, 0.15) is 11.5 Å². The molecule has 0 saturated carbocycles. The maximum atomic E-state index is 13.4. The van der Waals surface area contributed by atoms with Gasteiger partial charge >= 0.3 is 0 Å². The first-order valence-corrected chi connectivity index (χ1v) is 12.0. The lowest BCUT2D eigenvalue weighted by Gasteiger charge is -2.23. The number of ether oxygens (including phenoxy) is 2. The van der Waals surface area contributed by atoms with Crippen molar-refractivity contribution in [2.24, 2.45) is 0 Å². The lowest BCUT2D eigenvalue weighted by atomic mass is 10.1. The van der Waals surface area contributed by atoms with Crippen molar-refractivity contribution < 1.29 is 22.7 Å². The number of carbonyl (C=O) groups excluding carboxylic acids is 1. The zero-order valence-corrected chi connectivity index (χ0v) is 20.7. The van der Waals surface area contributed by atoms with Crippen molar-refractivity contribution in [2.45, 2.75) is 25.7 Å². The largest absolute Gasteiger partial charge is 0.497 e. The molecular formula is C24H24BrNO5S. The summed E-state index contributed by atoms with van der Waals surface area (Å²) in [7, 11) is -2.65. The Morgan fingerprint density at radius 2 is 1.50 bits per heavy atom. The number of anilines is 1. The Labute approximate surface area is 197 Å². The summed E-state index contributed by atoms with van der Waals surface area (Å²) in [6.45, 7) is 5.14. The van der Waals surface area contributed by atoms with Crippen LogP contribution in [-0.2, 0) is 14.8 Å². The van der Waals surface area contributed by atoms with E-state index in [2.05, 4.69) is 15.9 Å². The number of aryl methyl sites for hydroxylation is 3. The molecule has 0 fully saturated rings. The number of halogens is 1. The molecule has 8 heteroatoms. The second-order valence-electron chi connectivity index (χ2n) is 7.33. The second-order valence-corrected chi connectivity index (χ2v) is 10.0. The lowest BCUT2D eigenvalue weighted by Crippen LogP contribution is -2.40. The van der Waals surface area contributed by atoms with Crippen molar-refractivity contribution in [1.29, 1.82) is 0 Å². The van der Waals surface area contributed by atoms with Gasteiger partial charge in [0.25, 0.3) is 15.9 Å². The first-order valence-electron chi connectivity index (χ1n) is 9.82. The number of methoxy groups -OCH3 is 1. The SMILES string of the molecule is COc1ccc(N(C(=O)COc2c(C)cc(Br)cc2C)S(=O)(=O)c2ccc(C)cc2)cc1. The Morgan fingerprint density at radius 3 is 2.03 bits per heavy atom. The van der Waals surface area contributed by atoms with Crippen LogP contribution in [0.15, 0.2) is 70.0 Å². The van der Waals surface area contributed by atoms with E-state index in [1.807, 2.05) is 32.9 Å². The molecule has 6 nitrogen and oxygen atoms in total. The third kappa shape index (κ3) is 5.14. The van der Waals surface area contributed by atoms with E-state index in [-0.39, 0.29) is 10.6 Å². The van der Waals surface area contributed by atoms with Crippen LogP contribution in [0.4, 0.5) is 5.69 Å². The van der Waals surface area contributed by atoms with Crippen LogP contribution in [0.5, 0.6) is 11.5 Å². The summed E-state index contributed by atoms with van der Waals surface area (Å²) in [6.07, 6.45) is 0. The molecule has 0 atom stereocenters. The van der Waals surface area contributed by atoms with Crippen molar-refractivity contribution >= 4 is 37.5 Å². The molecule has 0 saturated heterocycles. The van der Waals surface area contributed by atoms with Crippen molar-refractivity contribution in [3.05, 3.63) is 81.8 Å². The van der Waals surface area contributed by atoms with Gasteiger partial charge in [-0.25, -0.2) is 8.42 Å². The molecule has 3 rings (SSSR count). The zero-order valence-electron chi connectivity index (χ0n) is 18.3. The highest BCUT2D eigenvalue weighted by Gasteiger charge is 2.31. The first kappa shape index (κ1) is 23.8. The van der Waals surface area contributed by atoms with Crippen molar-refractivity contribution in [3.63, 3.8) is 0 Å². The molecule has 1 amide bonds. The van der Waals surface area contributed by atoms with Crippen LogP contribution in [0.3, 0.4) is 0 Å². The van der Waals surface area contributed by atoms with Gasteiger partial charge in [-0.05, 0) is 80.4 Å². The fourth-order valence-corrected chi connectivity index (χ4v) is 5.37. The molecule has 0 bridgehead atoms. The third-order valence-corrected chi connectivity index (χ3v) is 7.08. The fraction of sp³-hybridized carbons (Fsp3) is 0.208. The van der Waals surface area contributed by atoms with Gasteiger partial charge in [-0.3, -0.25) is 4.79 Å². The minimum Gasteiger partial charge on any atom is -0.497 e. The second kappa shape index (κ2) is 9.75. The molecule has 32 heavy (non-hydrogen) atoms. The number of rotatable bonds is 7. The van der Waals surface area contributed by atoms with E-state index in [1.54, 1.807) is 24.3 Å². The van der Waals surface area contributed by atoms with Crippen LogP contribution in [-0.4, -0.2) is 28.0 Å².